The van der Waals surface area contributed by atoms with Gasteiger partial charge < -0.3 is 10.1 Å². The standard InChI is InChI=1S/C17H29N7O/c1-5-23-9-10-25-16(17(23)15-7-8-19-22(15)4)12-18-11-14-13(3)20-24(6-2)21-14/h7-8,16-18H,5-6,9-12H2,1-4H3/t16-,17-/m0/s1. The Morgan fingerprint density at radius 2 is 2.12 bits per heavy atom. The number of hydrogen-bond donors (Lipinski definition) is 1. The Kier molecular flexibility index (Phi) is 5.82. The second-order valence-electron chi connectivity index (χ2n) is 6.41. The average molecular weight is 347 g/mol. The summed E-state index contributed by atoms with van der Waals surface area (Å²) in [5, 5.41) is 16.8. The van der Waals surface area contributed by atoms with Crippen molar-refractivity contribution in [3.63, 3.8) is 0 Å². The predicted molar refractivity (Wildman–Crippen MR) is 95.1 cm³/mol. The molecule has 25 heavy (non-hydrogen) atoms. The van der Waals surface area contributed by atoms with E-state index < -0.39 is 0 Å². The molecule has 1 saturated heterocycles. The van der Waals surface area contributed by atoms with Crippen molar-refractivity contribution in [3.8, 4) is 0 Å². The van der Waals surface area contributed by atoms with Crippen molar-refractivity contribution in [3.05, 3.63) is 29.3 Å². The van der Waals surface area contributed by atoms with E-state index >= 15 is 0 Å². The fraction of sp³-hybridized carbons (Fsp3) is 0.706. The van der Waals surface area contributed by atoms with Gasteiger partial charge in [-0.05, 0) is 26.5 Å². The Hall–Kier alpha value is -1.77. The van der Waals surface area contributed by atoms with Gasteiger partial charge in [-0.3, -0.25) is 9.58 Å². The lowest BCUT2D eigenvalue weighted by Crippen LogP contribution is -2.49. The van der Waals surface area contributed by atoms with Crippen LogP contribution in [0.2, 0.25) is 0 Å². The maximum atomic E-state index is 6.11. The summed E-state index contributed by atoms with van der Waals surface area (Å²) < 4.78 is 8.06. The normalized spacial score (nSPS) is 21.8. The summed E-state index contributed by atoms with van der Waals surface area (Å²) >= 11 is 0. The average Bonchev–Trinajstić information content (AvgIpc) is 3.20. The molecule has 0 amide bonds. The van der Waals surface area contributed by atoms with Crippen LogP contribution in [0.3, 0.4) is 0 Å². The highest BCUT2D eigenvalue weighted by molar-refractivity contribution is 5.11. The van der Waals surface area contributed by atoms with Crippen molar-refractivity contribution in [2.45, 2.75) is 46.0 Å². The molecular weight excluding hydrogens is 318 g/mol. The highest BCUT2D eigenvalue weighted by Gasteiger charge is 2.34. The smallest absolute Gasteiger partial charge is 0.0994 e. The maximum Gasteiger partial charge on any atom is 0.0994 e. The topological polar surface area (TPSA) is 73.0 Å². The molecule has 1 aliphatic heterocycles. The van der Waals surface area contributed by atoms with Gasteiger partial charge in [0.2, 0.25) is 0 Å². The minimum atomic E-state index is 0.0885. The summed E-state index contributed by atoms with van der Waals surface area (Å²) in [5.41, 5.74) is 3.18. The zero-order valence-electron chi connectivity index (χ0n) is 15.6. The molecule has 0 saturated carbocycles. The Morgan fingerprint density at radius 1 is 1.28 bits per heavy atom. The molecule has 1 N–H and O–H groups in total. The minimum Gasteiger partial charge on any atom is -0.374 e. The maximum absolute atomic E-state index is 6.11. The summed E-state index contributed by atoms with van der Waals surface area (Å²) in [7, 11) is 1.99. The molecule has 0 aromatic carbocycles. The number of nitrogens with zero attached hydrogens (tertiary/aromatic N) is 6. The van der Waals surface area contributed by atoms with Crippen molar-refractivity contribution in [1.82, 2.24) is 35.0 Å². The lowest BCUT2D eigenvalue weighted by Gasteiger charge is -2.40. The monoisotopic (exact) mass is 347 g/mol. The van der Waals surface area contributed by atoms with Gasteiger partial charge in [0.15, 0.2) is 0 Å². The second kappa shape index (κ2) is 8.07. The molecule has 8 nitrogen and oxygen atoms in total. The zero-order valence-corrected chi connectivity index (χ0v) is 15.6. The molecular formula is C17H29N7O. The van der Waals surface area contributed by atoms with E-state index in [-0.39, 0.29) is 12.1 Å². The Balaban J connectivity index is 1.66. The SMILES string of the molecule is CCN1CCO[C@@H](CNCc2nn(CC)nc2C)[C@@H]1c1ccnn1C. The third kappa shape index (κ3) is 3.91. The molecule has 1 fully saturated rings. The molecule has 3 heterocycles. The third-order valence-electron chi connectivity index (χ3n) is 4.86. The van der Waals surface area contributed by atoms with Gasteiger partial charge in [0.1, 0.15) is 0 Å². The fourth-order valence-corrected chi connectivity index (χ4v) is 3.47. The van der Waals surface area contributed by atoms with Crippen LogP contribution in [0.5, 0.6) is 0 Å². The zero-order chi connectivity index (χ0) is 17.8. The molecule has 2 aromatic rings. The van der Waals surface area contributed by atoms with Crippen molar-refractivity contribution < 1.29 is 4.74 Å². The lowest BCUT2D eigenvalue weighted by atomic mass is 10.0. The van der Waals surface area contributed by atoms with Crippen LogP contribution in [-0.4, -0.2) is 62.0 Å². The van der Waals surface area contributed by atoms with E-state index in [0.29, 0.717) is 6.54 Å². The molecule has 1 aliphatic rings. The quantitative estimate of drug-likeness (QED) is 0.802. The largest absolute Gasteiger partial charge is 0.374 e. The first-order valence-electron chi connectivity index (χ1n) is 9.08. The molecule has 0 spiro atoms. The van der Waals surface area contributed by atoms with E-state index in [0.717, 1.165) is 44.2 Å². The summed E-state index contributed by atoms with van der Waals surface area (Å²) in [6, 6.07) is 2.30. The molecule has 138 valence electrons. The van der Waals surface area contributed by atoms with E-state index in [1.165, 1.54) is 5.69 Å². The summed E-state index contributed by atoms with van der Waals surface area (Å²) in [4.78, 5) is 4.20. The van der Waals surface area contributed by atoms with Gasteiger partial charge in [-0.1, -0.05) is 6.92 Å². The van der Waals surface area contributed by atoms with Crippen molar-refractivity contribution in [1.29, 1.82) is 0 Å². The van der Waals surface area contributed by atoms with E-state index in [4.69, 9.17) is 4.74 Å². The van der Waals surface area contributed by atoms with Crippen molar-refractivity contribution in [2.75, 3.05) is 26.2 Å². The molecule has 2 aromatic heterocycles. The predicted octanol–water partition coefficient (Wildman–Crippen LogP) is 0.892. The number of nitrogens with one attached hydrogen (secondary N) is 1. The van der Waals surface area contributed by atoms with Gasteiger partial charge in [0.05, 0.1) is 42.4 Å². The highest BCUT2D eigenvalue weighted by Crippen LogP contribution is 2.28. The summed E-state index contributed by atoms with van der Waals surface area (Å²) in [6.45, 7) is 11.2. The highest BCUT2D eigenvalue weighted by atomic mass is 16.5. The van der Waals surface area contributed by atoms with Crippen LogP contribution >= 0.6 is 0 Å². The molecule has 3 rings (SSSR count). The van der Waals surface area contributed by atoms with Crippen LogP contribution < -0.4 is 5.32 Å². The van der Waals surface area contributed by atoms with E-state index in [9.17, 15) is 0 Å². The first-order valence-corrected chi connectivity index (χ1v) is 9.08. The van der Waals surface area contributed by atoms with Crippen LogP contribution in [-0.2, 0) is 24.9 Å². The van der Waals surface area contributed by atoms with Crippen LogP contribution in [0.4, 0.5) is 0 Å². The van der Waals surface area contributed by atoms with E-state index in [1.807, 2.05) is 31.8 Å². The van der Waals surface area contributed by atoms with Crippen LogP contribution in [0.25, 0.3) is 0 Å². The Morgan fingerprint density at radius 3 is 2.76 bits per heavy atom. The van der Waals surface area contributed by atoms with Crippen molar-refractivity contribution >= 4 is 0 Å². The number of rotatable bonds is 7. The summed E-state index contributed by atoms with van der Waals surface area (Å²) in [6.07, 6.45) is 1.94. The van der Waals surface area contributed by atoms with Gasteiger partial charge in [-0.15, -0.1) is 0 Å². The minimum absolute atomic E-state index is 0.0885. The van der Waals surface area contributed by atoms with Crippen LogP contribution in [0.15, 0.2) is 12.3 Å². The molecule has 2 atom stereocenters. The van der Waals surface area contributed by atoms with Gasteiger partial charge in [0, 0.05) is 32.9 Å². The Bertz CT molecular complexity index is 680. The van der Waals surface area contributed by atoms with Crippen molar-refractivity contribution in [2.24, 2.45) is 7.05 Å². The first kappa shape index (κ1) is 18.0. The number of ether oxygens (including phenoxy) is 1. The number of hydrogen-bond acceptors (Lipinski definition) is 6. The molecule has 0 radical (unpaired) electrons. The van der Waals surface area contributed by atoms with Gasteiger partial charge in [-0.25, -0.2) is 0 Å². The number of aryl methyl sites for hydroxylation is 3. The lowest BCUT2D eigenvalue weighted by molar-refractivity contribution is -0.0718. The van der Waals surface area contributed by atoms with E-state index in [2.05, 4.69) is 38.5 Å². The third-order valence-corrected chi connectivity index (χ3v) is 4.86. The Labute approximate surface area is 149 Å². The number of aromatic nitrogens is 5. The molecule has 0 aliphatic carbocycles. The van der Waals surface area contributed by atoms with Crippen LogP contribution in [0.1, 0.15) is 37.0 Å². The molecule has 8 heteroatoms. The number of likely N-dealkylation sites (N-methyl/N-ethyl adjacent to an activating group) is 1. The molecule has 0 unspecified atom stereocenters. The first-order chi connectivity index (χ1) is 12.1. The van der Waals surface area contributed by atoms with Gasteiger partial charge >= 0.3 is 0 Å². The van der Waals surface area contributed by atoms with E-state index in [1.54, 1.807) is 4.80 Å². The fourth-order valence-electron chi connectivity index (χ4n) is 3.47. The summed E-state index contributed by atoms with van der Waals surface area (Å²) in [5.74, 6) is 0. The van der Waals surface area contributed by atoms with Gasteiger partial charge in [0.25, 0.3) is 0 Å². The number of morpholine rings is 1. The molecule has 0 bridgehead atoms. The van der Waals surface area contributed by atoms with Crippen LogP contribution in [0, 0.1) is 6.92 Å². The second-order valence-corrected chi connectivity index (χ2v) is 6.41. The van der Waals surface area contributed by atoms with Gasteiger partial charge in [-0.2, -0.15) is 20.1 Å².